The first kappa shape index (κ1) is 7.78. The Hall–Kier alpha value is -0.851. The van der Waals surface area contributed by atoms with Gasteiger partial charge in [-0.25, -0.2) is 0 Å². The second kappa shape index (κ2) is 3.26. The molecule has 0 saturated carbocycles. The number of benzene rings is 1. The van der Waals surface area contributed by atoms with E-state index in [1.807, 2.05) is 18.2 Å². The number of aromatic nitrogens is 1. The van der Waals surface area contributed by atoms with E-state index in [2.05, 4.69) is 29.0 Å². The van der Waals surface area contributed by atoms with Crippen LogP contribution in [0.15, 0.2) is 35.3 Å². The third kappa shape index (κ3) is 1.50. The molecule has 0 fully saturated rings. The average molecular weight is 222 g/mol. The van der Waals surface area contributed by atoms with Crippen molar-refractivity contribution in [3.05, 3.63) is 39.8 Å². The van der Waals surface area contributed by atoms with Crippen LogP contribution in [0, 0.1) is 6.92 Å². The van der Waals surface area contributed by atoms with Crippen molar-refractivity contribution in [2.45, 2.75) is 6.92 Å². The summed E-state index contributed by atoms with van der Waals surface area (Å²) in [6.45, 7) is 2.09. The van der Waals surface area contributed by atoms with Crippen LogP contribution in [0.2, 0.25) is 0 Å². The van der Waals surface area contributed by atoms with Gasteiger partial charge < -0.3 is 0 Å². The third-order valence-electron chi connectivity index (χ3n) is 1.69. The van der Waals surface area contributed by atoms with Gasteiger partial charge in [0, 0.05) is 0 Å². The zero-order valence-corrected chi connectivity index (χ0v) is 8.53. The molecule has 0 atom stereocenters. The first-order valence-corrected chi connectivity index (χ1v) is 5.68. The van der Waals surface area contributed by atoms with Gasteiger partial charge in [0.1, 0.15) is 0 Å². The molecule has 0 saturated heterocycles. The summed E-state index contributed by atoms with van der Waals surface area (Å²) in [5.41, 5.74) is 2.38. The molecule has 1 heterocycles. The molecule has 0 aliphatic rings. The molecule has 0 aliphatic heterocycles. The van der Waals surface area contributed by atoms with Crippen LogP contribution in [0.5, 0.6) is 0 Å². The van der Waals surface area contributed by atoms with Crippen molar-refractivity contribution in [2.24, 2.45) is 0 Å². The summed E-state index contributed by atoms with van der Waals surface area (Å²) in [7, 11) is 0. The fourth-order valence-corrected chi connectivity index (χ4v) is 2.41. The zero-order valence-electron chi connectivity index (χ0n) is 6.82. The quantitative estimate of drug-likeness (QED) is 0.673. The molecule has 0 bridgehead atoms. The van der Waals surface area contributed by atoms with Gasteiger partial charge in [-0.3, -0.25) is 0 Å². The molecule has 1 aromatic heterocycles. The molecule has 2 rings (SSSR count). The standard InChI is InChI=1S/C10H9NSe/c1-8-11-10(7-12-8)9-5-3-2-4-6-9/h2-7H,1H3. The Kier molecular flexibility index (Phi) is 2.11. The Balaban J connectivity index is 2.45. The predicted octanol–water partition coefficient (Wildman–Crippen LogP) is 2.11. The van der Waals surface area contributed by atoms with Gasteiger partial charge in [0.2, 0.25) is 0 Å². The third-order valence-corrected chi connectivity index (χ3v) is 3.31. The Morgan fingerprint density at radius 3 is 2.50 bits per heavy atom. The molecular formula is C10H9NSe. The number of hydrogen-bond acceptors (Lipinski definition) is 1. The van der Waals surface area contributed by atoms with Crippen LogP contribution in [-0.4, -0.2) is 19.5 Å². The number of hydrogen-bond donors (Lipinski definition) is 0. The van der Waals surface area contributed by atoms with Crippen molar-refractivity contribution in [2.75, 3.05) is 0 Å². The van der Waals surface area contributed by atoms with Crippen LogP contribution in [0.1, 0.15) is 4.57 Å². The Labute approximate surface area is 77.8 Å². The summed E-state index contributed by atoms with van der Waals surface area (Å²) in [6, 6.07) is 10.3. The molecule has 60 valence electrons. The van der Waals surface area contributed by atoms with Crippen molar-refractivity contribution in [1.29, 1.82) is 0 Å². The molecule has 0 aliphatic carbocycles. The second-order valence-corrected chi connectivity index (χ2v) is 4.85. The van der Waals surface area contributed by atoms with Crippen molar-refractivity contribution in [1.82, 2.24) is 4.98 Å². The molecule has 0 N–H and O–H groups in total. The van der Waals surface area contributed by atoms with Gasteiger partial charge in [-0.15, -0.1) is 0 Å². The normalized spacial score (nSPS) is 10.1. The maximum atomic E-state index is 4.46. The summed E-state index contributed by atoms with van der Waals surface area (Å²) in [5.74, 6) is 0. The van der Waals surface area contributed by atoms with Crippen molar-refractivity contribution < 1.29 is 0 Å². The van der Waals surface area contributed by atoms with Crippen LogP contribution < -0.4 is 0 Å². The predicted molar refractivity (Wildman–Crippen MR) is 51.4 cm³/mol. The van der Waals surface area contributed by atoms with Crippen molar-refractivity contribution in [3.63, 3.8) is 0 Å². The van der Waals surface area contributed by atoms with E-state index in [-0.39, 0.29) is 0 Å². The van der Waals surface area contributed by atoms with E-state index >= 15 is 0 Å². The molecule has 0 unspecified atom stereocenters. The van der Waals surface area contributed by atoms with Crippen LogP contribution >= 0.6 is 0 Å². The van der Waals surface area contributed by atoms with Gasteiger partial charge in [-0.1, -0.05) is 0 Å². The zero-order chi connectivity index (χ0) is 8.39. The number of nitrogens with zero attached hydrogens (tertiary/aromatic N) is 1. The second-order valence-electron chi connectivity index (χ2n) is 2.62. The van der Waals surface area contributed by atoms with E-state index in [9.17, 15) is 0 Å². The first-order valence-electron chi connectivity index (χ1n) is 3.84. The van der Waals surface area contributed by atoms with Gasteiger partial charge in [0.15, 0.2) is 0 Å². The Bertz CT molecular complexity index is 364. The maximum absolute atomic E-state index is 4.46. The summed E-state index contributed by atoms with van der Waals surface area (Å²) < 4.78 is 1.27. The summed E-state index contributed by atoms with van der Waals surface area (Å²) in [5, 5.41) is 0. The van der Waals surface area contributed by atoms with E-state index < -0.39 is 0 Å². The van der Waals surface area contributed by atoms with Gasteiger partial charge in [-0.2, -0.15) is 0 Å². The van der Waals surface area contributed by atoms with Gasteiger partial charge in [0.05, 0.1) is 0 Å². The molecule has 12 heavy (non-hydrogen) atoms. The average Bonchev–Trinajstić information content (AvgIpc) is 2.54. The van der Waals surface area contributed by atoms with Crippen molar-refractivity contribution in [3.8, 4) is 11.3 Å². The minimum atomic E-state index is 0.491. The molecule has 2 aromatic rings. The number of aryl methyl sites for hydroxylation is 1. The van der Waals surface area contributed by atoms with E-state index in [0.29, 0.717) is 14.5 Å². The summed E-state index contributed by atoms with van der Waals surface area (Å²) in [6.07, 6.45) is 0. The SMILES string of the molecule is Cc1nc(-c2ccccc2)c[se]1. The fraction of sp³-hybridized carbons (Fsp3) is 0.100. The van der Waals surface area contributed by atoms with Crippen LogP contribution in [0.4, 0.5) is 0 Å². The van der Waals surface area contributed by atoms with Gasteiger partial charge >= 0.3 is 77.5 Å². The first-order chi connectivity index (χ1) is 5.86. The van der Waals surface area contributed by atoms with E-state index in [0.717, 1.165) is 5.69 Å². The van der Waals surface area contributed by atoms with E-state index in [4.69, 9.17) is 0 Å². The molecule has 0 radical (unpaired) electrons. The molecule has 0 amide bonds. The van der Waals surface area contributed by atoms with Crippen LogP contribution in [0.3, 0.4) is 0 Å². The van der Waals surface area contributed by atoms with E-state index in [1.54, 1.807) is 0 Å². The Morgan fingerprint density at radius 2 is 1.92 bits per heavy atom. The van der Waals surface area contributed by atoms with Crippen LogP contribution in [-0.2, 0) is 0 Å². The monoisotopic (exact) mass is 223 g/mol. The van der Waals surface area contributed by atoms with Crippen LogP contribution in [0.25, 0.3) is 11.3 Å². The number of rotatable bonds is 1. The van der Waals surface area contributed by atoms with Gasteiger partial charge in [0.25, 0.3) is 0 Å². The minimum absolute atomic E-state index is 0.491. The molecule has 1 aromatic carbocycles. The Morgan fingerprint density at radius 1 is 1.17 bits per heavy atom. The molecule has 0 spiro atoms. The van der Waals surface area contributed by atoms with Crippen molar-refractivity contribution >= 4 is 14.5 Å². The molecular weight excluding hydrogens is 213 g/mol. The summed E-state index contributed by atoms with van der Waals surface area (Å²) >= 11 is 0.491. The molecule has 1 nitrogen and oxygen atoms in total. The fourth-order valence-electron chi connectivity index (χ4n) is 1.10. The van der Waals surface area contributed by atoms with Gasteiger partial charge in [-0.05, 0) is 0 Å². The summed E-state index contributed by atoms with van der Waals surface area (Å²) in [4.78, 5) is 6.70. The van der Waals surface area contributed by atoms with E-state index in [1.165, 1.54) is 10.1 Å². The topological polar surface area (TPSA) is 12.9 Å². The molecule has 2 heteroatoms.